The van der Waals surface area contributed by atoms with Crippen molar-refractivity contribution in [2.45, 2.75) is 13.0 Å². The van der Waals surface area contributed by atoms with Gasteiger partial charge in [0.1, 0.15) is 11.5 Å². The van der Waals surface area contributed by atoms with Crippen LogP contribution in [0, 0.1) is 5.92 Å². The van der Waals surface area contributed by atoms with E-state index in [4.69, 9.17) is 9.47 Å². The maximum Gasteiger partial charge on any atom is 0.227 e. The zero-order chi connectivity index (χ0) is 18.5. The minimum atomic E-state index is -0.370. The molecule has 0 radical (unpaired) electrons. The van der Waals surface area contributed by atoms with Gasteiger partial charge in [-0.25, -0.2) is 0 Å². The van der Waals surface area contributed by atoms with Crippen LogP contribution < -0.4 is 19.7 Å². The normalized spacial score (nSPS) is 16.5. The lowest BCUT2D eigenvalue weighted by molar-refractivity contribution is -0.126. The molecule has 2 amide bonds. The summed E-state index contributed by atoms with van der Waals surface area (Å²) in [5, 5.41) is 2.91. The molecule has 2 aromatic rings. The third kappa shape index (κ3) is 3.79. The number of anilines is 1. The van der Waals surface area contributed by atoms with Crippen molar-refractivity contribution >= 4 is 17.5 Å². The molecule has 1 saturated heterocycles. The molecule has 3 rings (SSSR count). The second kappa shape index (κ2) is 7.91. The van der Waals surface area contributed by atoms with E-state index in [-0.39, 0.29) is 24.2 Å². The highest BCUT2D eigenvalue weighted by Crippen LogP contribution is 2.32. The Morgan fingerprint density at radius 3 is 2.54 bits per heavy atom. The van der Waals surface area contributed by atoms with Gasteiger partial charge in [-0.3, -0.25) is 9.59 Å². The van der Waals surface area contributed by atoms with Gasteiger partial charge in [0, 0.05) is 19.5 Å². The van der Waals surface area contributed by atoms with E-state index >= 15 is 0 Å². The minimum Gasteiger partial charge on any atom is -0.497 e. The van der Waals surface area contributed by atoms with E-state index in [1.54, 1.807) is 25.2 Å². The summed E-state index contributed by atoms with van der Waals surface area (Å²) in [5.41, 5.74) is 1.68. The molecule has 6 nitrogen and oxygen atoms in total. The van der Waals surface area contributed by atoms with Crippen LogP contribution in [0.3, 0.4) is 0 Å². The summed E-state index contributed by atoms with van der Waals surface area (Å²) in [5.74, 6) is 0.838. The number of nitrogens with one attached hydrogen (secondary N) is 1. The number of ether oxygens (including phenoxy) is 2. The fourth-order valence-corrected chi connectivity index (χ4v) is 3.05. The Morgan fingerprint density at radius 2 is 1.85 bits per heavy atom. The largest absolute Gasteiger partial charge is 0.497 e. The van der Waals surface area contributed by atoms with Crippen molar-refractivity contribution in [1.29, 1.82) is 0 Å². The second-order valence-corrected chi connectivity index (χ2v) is 6.14. The first-order valence-electron chi connectivity index (χ1n) is 8.46. The second-order valence-electron chi connectivity index (χ2n) is 6.14. The van der Waals surface area contributed by atoms with Crippen LogP contribution >= 0.6 is 0 Å². The number of benzene rings is 2. The number of amides is 2. The first-order valence-corrected chi connectivity index (χ1v) is 8.46. The van der Waals surface area contributed by atoms with Gasteiger partial charge in [0.15, 0.2) is 0 Å². The van der Waals surface area contributed by atoms with Gasteiger partial charge in [0.2, 0.25) is 11.8 Å². The van der Waals surface area contributed by atoms with E-state index in [0.29, 0.717) is 24.5 Å². The quantitative estimate of drug-likeness (QED) is 0.865. The zero-order valence-corrected chi connectivity index (χ0v) is 14.9. The van der Waals surface area contributed by atoms with Gasteiger partial charge in [-0.2, -0.15) is 0 Å². The van der Waals surface area contributed by atoms with Gasteiger partial charge >= 0.3 is 0 Å². The molecule has 1 atom stereocenters. The number of nitrogens with zero attached hydrogens (tertiary/aromatic N) is 1. The van der Waals surface area contributed by atoms with E-state index in [1.807, 2.05) is 42.5 Å². The summed E-state index contributed by atoms with van der Waals surface area (Å²) >= 11 is 0. The molecule has 6 heteroatoms. The van der Waals surface area contributed by atoms with Crippen LogP contribution in [0.5, 0.6) is 11.5 Å². The molecule has 1 N–H and O–H groups in total. The van der Waals surface area contributed by atoms with Crippen molar-refractivity contribution in [2.24, 2.45) is 5.92 Å². The fourth-order valence-electron chi connectivity index (χ4n) is 3.05. The molecule has 0 unspecified atom stereocenters. The highest BCUT2D eigenvalue weighted by atomic mass is 16.5. The standard InChI is InChI=1S/C20H22N2O4/c1-25-16-9-7-14(8-10-16)12-21-20(24)15-11-19(23)22(13-15)17-5-3-4-6-18(17)26-2/h3-10,15H,11-13H2,1-2H3,(H,21,24)/t15-/m1/s1. The fraction of sp³-hybridized carbons (Fsp3) is 0.300. The number of hydrogen-bond donors (Lipinski definition) is 1. The highest BCUT2D eigenvalue weighted by Gasteiger charge is 2.36. The van der Waals surface area contributed by atoms with Crippen molar-refractivity contribution in [1.82, 2.24) is 5.32 Å². The smallest absolute Gasteiger partial charge is 0.227 e. The van der Waals surface area contributed by atoms with Gasteiger partial charge in [-0.1, -0.05) is 24.3 Å². The Bertz CT molecular complexity index is 789. The molecular weight excluding hydrogens is 332 g/mol. The van der Waals surface area contributed by atoms with Crippen molar-refractivity contribution < 1.29 is 19.1 Å². The molecule has 0 spiro atoms. The molecule has 1 fully saturated rings. The number of rotatable bonds is 6. The van der Waals surface area contributed by atoms with Crippen LogP contribution in [0.15, 0.2) is 48.5 Å². The lowest BCUT2D eigenvalue weighted by atomic mass is 10.1. The number of methoxy groups -OCH3 is 2. The molecule has 0 saturated carbocycles. The highest BCUT2D eigenvalue weighted by molar-refractivity contribution is 6.01. The molecule has 0 aromatic heterocycles. The van der Waals surface area contributed by atoms with Crippen LogP contribution in [-0.4, -0.2) is 32.6 Å². The minimum absolute atomic E-state index is 0.0703. The van der Waals surface area contributed by atoms with E-state index in [1.165, 1.54) is 0 Å². The lowest BCUT2D eigenvalue weighted by Crippen LogP contribution is -2.32. The molecule has 2 aromatic carbocycles. The maximum absolute atomic E-state index is 12.5. The molecule has 26 heavy (non-hydrogen) atoms. The monoisotopic (exact) mass is 354 g/mol. The first-order chi connectivity index (χ1) is 12.6. The predicted octanol–water partition coefficient (Wildman–Crippen LogP) is 2.37. The van der Waals surface area contributed by atoms with Crippen LogP contribution in [0.4, 0.5) is 5.69 Å². The summed E-state index contributed by atoms with van der Waals surface area (Å²) < 4.78 is 10.4. The summed E-state index contributed by atoms with van der Waals surface area (Å²) in [6.45, 7) is 0.774. The Balaban J connectivity index is 1.61. The topological polar surface area (TPSA) is 67.9 Å². The van der Waals surface area contributed by atoms with Crippen LogP contribution in [0.25, 0.3) is 0 Å². The van der Waals surface area contributed by atoms with Crippen molar-refractivity contribution in [3.63, 3.8) is 0 Å². The predicted molar refractivity (Wildman–Crippen MR) is 98.3 cm³/mol. The molecule has 1 aliphatic rings. The van der Waals surface area contributed by atoms with E-state index in [2.05, 4.69) is 5.32 Å². The average molecular weight is 354 g/mol. The number of hydrogen-bond acceptors (Lipinski definition) is 4. The molecule has 1 heterocycles. The van der Waals surface area contributed by atoms with Crippen LogP contribution in [-0.2, 0) is 16.1 Å². The summed E-state index contributed by atoms with van der Waals surface area (Å²) in [4.78, 5) is 26.5. The third-order valence-electron chi connectivity index (χ3n) is 4.50. The van der Waals surface area contributed by atoms with Crippen LogP contribution in [0.2, 0.25) is 0 Å². The number of carbonyl (C=O) groups is 2. The Morgan fingerprint density at radius 1 is 1.12 bits per heavy atom. The summed E-state index contributed by atoms with van der Waals surface area (Å²) in [6, 6.07) is 14.8. The SMILES string of the molecule is COc1ccc(CNC(=O)[C@@H]2CC(=O)N(c3ccccc3OC)C2)cc1. The first kappa shape index (κ1) is 17.8. The summed E-state index contributed by atoms with van der Waals surface area (Å²) in [6.07, 6.45) is 0.201. The Kier molecular flexibility index (Phi) is 5.41. The molecule has 0 bridgehead atoms. The van der Waals surface area contributed by atoms with Crippen molar-refractivity contribution in [3.05, 3.63) is 54.1 Å². The third-order valence-corrected chi connectivity index (χ3v) is 4.50. The molecule has 136 valence electrons. The van der Waals surface area contributed by atoms with Gasteiger partial charge < -0.3 is 19.7 Å². The van der Waals surface area contributed by atoms with Crippen molar-refractivity contribution in [2.75, 3.05) is 25.7 Å². The van der Waals surface area contributed by atoms with Gasteiger partial charge in [0.05, 0.1) is 25.8 Å². The van der Waals surface area contributed by atoms with E-state index in [9.17, 15) is 9.59 Å². The van der Waals surface area contributed by atoms with Crippen LogP contribution in [0.1, 0.15) is 12.0 Å². The number of para-hydroxylation sites is 2. The molecular formula is C20H22N2O4. The average Bonchev–Trinajstić information content (AvgIpc) is 3.08. The Labute approximate surface area is 152 Å². The molecule has 0 aliphatic carbocycles. The van der Waals surface area contributed by atoms with E-state index < -0.39 is 0 Å². The van der Waals surface area contributed by atoms with E-state index in [0.717, 1.165) is 11.3 Å². The maximum atomic E-state index is 12.5. The van der Waals surface area contributed by atoms with Crippen molar-refractivity contribution in [3.8, 4) is 11.5 Å². The van der Waals surface area contributed by atoms with Gasteiger partial charge in [-0.05, 0) is 29.8 Å². The zero-order valence-electron chi connectivity index (χ0n) is 14.9. The van der Waals surface area contributed by atoms with Gasteiger partial charge in [-0.15, -0.1) is 0 Å². The number of carbonyl (C=O) groups excluding carboxylic acids is 2. The van der Waals surface area contributed by atoms with Gasteiger partial charge in [0.25, 0.3) is 0 Å². The summed E-state index contributed by atoms with van der Waals surface area (Å²) in [7, 11) is 3.18. The lowest BCUT2D eigenvalue weighted by Gasteiger charge is -2.19. The Hall–Kier alpha value is -3.02. The molecule has 1 aliphatic heterocycles.